The normalized spacial score (nSPS) is 25.0. The smallest absolute Gasteiger partial charge is 0.142 e. The molecule has 1 heteroatoms. The van der Waals surface area contributed by atoms with Gasteiger partial charge >= 0.3 is 0 Å². The van der Waals surface area contributed by atoms with Crippen LogP contribution in [0.5, 0.6) is 0 Å². The number of carbonyl (C=O) groups is 1. The number of ketones is 1. The lowest BCUT2D eigenvalue weighted by molar-refractivity contribution is -0.133. The molecule has 0 aliphatic heterocycles. The highest BCUT2D eigenvalue weighted by Crippen LogP contribution is 2.45. The highest BCUT2D eigenvalue weighted by atomic mass is 16.1. The van der Waals surface area contributed by atoms with Gasteiger partial charge in [-0.1, -0.05) is 44.0 Å². The Balaban J connectivity index is 1.79. The number of rotatable bonds is 3. The van der Waals surface area contributed by atoms with Crippen LogP contribution in [0.3, 0.4) is 0 Å². The molecule has 0 aromatic heterocycles. The maximum absolute atomic E-state index is 13.0. The Morgan fingerprint density at radius 3 is 2.58 bits per heavy atom. The minimum Gasteiger partial charge on any atom is -0.299 e. The summed E-state index contributed by atoms with van der Waals surface area (Å²) < 4.78 is 0. The third kappa shape index (κ3) is 2.24. The summed E-state index contributed by atoms with van der Waals surface area (Å²) in [4.78, 5) is 13.0. The van der Waals surface area contributed by atoms with Crippen LogP contribution in [0.15, 0.2) is 24.3 Å². The minimum absolute atomic E-state index is 0.0386. The van der Waals surface area contributed by atoms with Gasteiger partial charge in [0.2, 0.25) is 0 Å². The fourth-order valence-corrected chi connectivity index (χ4v) is 4.18. The summed E-state index contributed by atoms with van der Waals surface area (Å²) in [5.74, 6) is 0.870. The van der Waals surface area contributed by atoms with Crippen LogP contribution in [-0.4, -0.2) is 5.78 Å². The van der Waals surface area contributed by atoms with E-state index in [1.807, 2.05) is 0 Å². The lowest BCUT2D eigenvalue weighted by Gasteiger charge is -2.33. The number of hydrogen-bond donors (Lipinski definition) is 0. The van der Waals surface area contributed by atoms with Gasteiger partial charge in [-0.25, -0.2) is 0 Å². The summed E-state index contributed by atoms with van der Waals surface area (Å²) in [6.45, 7) is 2.21. The quantitative estimate of drug-likeness (QED) is 0.786. The van der Waals surface area contributed by atoms with Gasteiger partial charge < -0.3 is 0 Å². The standard InChI is InChI=1S/C18H24O/c1-2-18(11-5-6-12-18)17(19)16-10-9-14-7-3-4-8-15(14)13-16/h3-4,7-8,16H,2,5-6,9-13H2,1H3. The largest absolute Gasteiger partial charge is 0.299 e. The second kappa shape index (κ2) is 5.11. The molecule has 19 heavy (non-hydrogen) atoms. The molecule has 1 nitrogen and oxygen atoms in total. The number of carbonyl (C=O) groups excluding carboxylic acids is 1. The number of hydrogen-bond acceptors (Lipinski definition) is 1. The van der Waals surface area contributed by atoms with Crippen LogP contribution in [0.25, 0.3) is 0 Å². The van der Waals surface area contributed by atoms with Crippen molar-refractivity contribution in [1.29, 1.82) is 0 Å². The highest BCUT2D eigenvalue weighted by Gasteiger charge is 2.42. The fourth-order valence-electron chi connectivity index (χ4n) is 4.18. The van der Waals surface area contributed by atoms with Crippen molar-refractivity contribution in [1.82, 2.24) is 0 Å². The van der Waals surface area contributed by atoms with Crippen molar-refractivity contribution in [3.63, 3.8) is 0 Å². The molecule has 1 aromatic rings. The zero-order valence-corrected chi connectivity index (χ0v) is 12.0. The number of benzene rings is 1. The summed E-state index contributed by atoms with van der Waals surface area (Å²) in [5, 5.41) is 0. The number of fused-ring (bicyclic) bond motifs is 1. The van der Waals surface area contributed by atoms with Crippen LogP contribution in [0.4, 0.5) is 0 Å². The van der Waals surface area contributed by atoms with Gasteiger partial charge in [0.05, 0.1) is 0 Å². The van der Waals surface area contributed by atoms with E-state index in [2.05, 4.69) is 31.2 Å². The van der Waals surface area contributed by atoms with Gasteiger partial charge in [-0.15, -0.1) is 0 Å². The lowest BCUT2D eigenvalue weighted by Crippen LogP contribution is -2.36. The van der Waals surface area contributed by atoms with Crippen molar-refractivity contribution in [3.8, 4) is 0 Å². The first-order chi connectivity index (χ1) is 9.25. The van der Waals surface area contributed by atoms with Crippen LogP contribution >= 0.6 is 0 Å². The van der Waals surface area contributed by atoms with Crippen LogP contribution < -0.4 is 0 Å². The average molecular weight is 256 g/mol. The summed E-state index contributed by atoms with van der Waals surface area (Å²) in [5.41, 5.74) is 2.91. The predicted molar refractivity (Wildman–Crippen MR) is 78.2 cm³/mol. The molecule has 3 rings (SSSR count). The number of aryl methyl sites for hydroxylation is 1. The molecule has 0 bridgehead atoms. The molecule has 1 atom stereocenters. The molecule has 1 aromatic carbocycles. The first-order valence-electron chi connectivity index (χ1n) is 7.86. The SMILES string of the molecule is CCC1(C(=O)C2CCc3ccccc3C2)CCCC1. The minimum atomic E-state index is 0.0386. The summed E-state index contributed by atoms with van der Waals surface area (Å²) in [7, 11) is 0. The zero-order chi connectivity index (χ0) is 13.3. The molecule has 1 fully saturated rings. The van der Waals surface area contributed by atoms with Gasteiger partial charge in [-0.3, -0.25) is 4.79 Å². The molecular weight excluding hydrogens is 232 g/mol. The Morgan fingerprint density at radius 2 is 1.89 bits per heavy atom. The van der Waals surface area contributed by atoms with Crippen molar-refractivity contribution < 1.29 is 4.79 Å². The molecule has 1 unspecified atom stereocenters. The molecule has 1 saturated carbocycles. The lowest BCUT2D eigenvalue weighted by atomic mass is 9.70. The van der Waals surface area contributed by atoms with Crippen LogP contribution in [0, 0.1) is 11.3 Å². The van der Waals surface area contributed by atoms with Gasteiger partial charge in [0.1, 0.15) is 5.78 Å². The molecule has 0 saturated heterocycles. The van der Waals surface area contributed by atoms with Gasteiger partial charge in [0, 0.05) is 11.3 Å². The van der Waals surface area contributed by atoms with E-state index in [0.29, 0.717) is 5.78 Å². The van der Waals surface area contributed by atoms with Gasteiger partial charge in [-0.05, 0) is 49.7 Å². The third-order valence-electron chi connectivity index (χ3n) is 5.48. The molecule has 0 N–H and O–H groups in total. The van der Waals surface area contributed by atoms with E-state index in [9.17, 15) is 4.79 Å². The molecule has 0 spiro atoms. The van der Waals surface area contributed by atoms with E-state index in [1.54, 1.807) is 0 Å². The maximum Gasteiger partial charge on any atom is 0.142 e. The molecule has 0 amide bonds. The topological polar surface area (TPSA) is 17.1 Å². The fraction of sp³-hybridized carbons (Fsp3) is 0.611. The highest BCUT2D eigenvalue weighted by molar-refractivity contribution is 5.87. The zero-order valence-electron chi connectivity index (χ0n) is 12.0. The van der Waals surface area contributed by atoms with Gasteiger partial charge in [0.15, 0.2) is 0 Å². The van der Waals surface area contributed by atoms with E-state index < -0.39 is 0 Å². The van der Waals surface area contributed by atoms with E-state index in [0.717, 1.165) is 38.5 Å². The van der Waals surface area contributed by atoms with E-state index in [-0.39, 0.29) is 11.3 Å². The Kier molecular flexibility index (Phi) is 3.47. The Hall–Kier alpha value is -1.11. The van der Waals surface area contributed by atoms with Gasteiger partial charge in [0.25, 0.3) is 0 Å². The average Bonchev–Trinajstić information content (AvgIpc) is 2.96. The third-order valence-corrected chi connectivity index (χ3v) is 5.48. The Bertz CT molecular complexity index is 468. The van der Waals surface area contributed by atoms with E-state index in [4.69, 9.17) is 0 Å². The molecule has 2 aliphatic rings. The van der Waals surface area contributed by atoms with Gasteiger partial charge in [-0.2, -0.15) is 0 Å². The predicted octanol–water partition coefficient (Wildman–Crippen LogP) is 4.33. The van der Waals surface area contributed by atoms with Crippen LogP contribution in [0.1, 0.15) is 56.6 Å². The number of Topliss-reactive ketones (excluding diaryl/α,β-unsaturated/α-hetero) is 1. The second-order valence-electron chi connectivity index (χ2n) is 6.41. The van der Waals surface area contributed by atoms with E-state index in [1.165, 1.54) is 24.0 Å². The first kappa shape index (κ1) is 12.9. The van der Waals surface area contributed by atoms with Crippen molar-refractivity contribution in [2.24, 2.45) is 11.3 Å². The summed E-state index contributed by atoms with van der Waals surface area (Å²) in [6, 6.07) is 8.66. The van der Waals surface area contributed by atoms with Crippen LogP contribution in [0.2, 0.25) is 0 Å². The first-order valence-corrected chi connectivity index (χ1v) is 7.86. The summed E-state index contributed by atoms with van der Waals surface area (Å²) >= 11 is 0. The van der Waals surface area contributed by atoms with E-state index >= 15 is 0 Å². The summed E-state index contributed by atoms with van der Waals surface area (Å²) in [6.07, 6.45) is 8.97. The Labute approximate surface area is 116 Å². The maximum atomic E-state index is 13.0. The molecular formula is C18H24O. The molecule has 102 valence electrons. The van der Waals surface area contributed by atoms with Crippen molar-refractivity contribution in [2.45, 2.75) is 58.3 Å². The molecule has 0 radical (unpaired) electrons. The van der Waals surface area contributed by atoms with Crippen molar-refractivity contribution in [3.05, 3.63) is 35.4 Å². The Morgan fingerprint density at radius 1 is 1.21 bits per heavy atom. The second-order valence-corrected chi connectivity index (χ2v) is 6.41. The molecule has 0 heterocycles. The van der Waals surface area contributed by atoms with Crippen LogP contribution in [-0.2, 0) is 17.6 Å². The van der Waals surface area contributed by atoms with Crippen molar-refractivity contribution in [2.75, 3.05) is 0 Å². The van der Waals surface area contributed by atoms with Crippen molar-refractivity contribution >= 4 is 5.78 Å². The monoisotopic (exact) mass is 256 g/mol. The molecule has 2 aliphatic carbocycles.